The van der Waals surface area contributed by atoms with Crippen LogP contribution in [0.2, 0.25) is 0 Å². The molecule has 21 heavy (non-hydrogen) atoms. The highest BCUT2D eigenvalue weighted by molar-refractivity contribution is 7.11. The Morgan fingerprint density at radius 1 is 0.952 bits per heavy atom. The van der Waals surface area contributed by atoms with E-state index < -0.39 is 0 Å². The maximum Gasteiger partial charge on any atom is 0.123 e. The zero-order valence-electron chi connectivity index (χ0n) is 13.0. The quantitative estimate of drug-likeness (QED) is 0.850. The molecule has 0 aromatic carbocycles. The molecule has 1 aromatic rings. The highest BCUT2D eigenvalue weighted by Gasteiger charge is 2.21. The third-order valence-corrected chi connectivity index (χ3v) is 5.81. The van der Waals surface area contributed by atoms with Crippen LogP contribution in [0.5, 0.6) is 0 Å². The van der Waals surface area contributed by atoms with E-state index in [1.807, 2.05) is 11.3 Å². The Hall–Kier alpha value is -0.450. The van der Waals surface area contributed by atoms with Crippen LogP contribution in [-0.4, -0.2) is 24.7 Å². The van der Waals surface area contributed by atoms with Gasteiger partial charge in [-0.2, -0.15) is 0 Å². The Balaban J connectivity index is 1.69. The molecule has 2 heterocycles. The number of thiazole rings is 1. The fourth-order valence-electron chi connectivity index (χ4n) is 3.29. The molecule has 3 nitrogen and oxygen atoms in total. The smallest absolute Gasteiger partial charge is 0.123 e. The lowest BCUT2D eigenvalue weighted by Crippen LogP contribution is -2.33. The maximum atomic E-state index is 5.88. The van der Waals surface area contributed by atoms with E-state index in [0.29, 0.717) is 0 Å². The molecule has 1 saturated heterocycles. The van der Waals surface area contributed by atoms with Gasteiger partial charge in [0, 0.05) is 18.0 Å². The summed E-state index contributed by atoms with van der Waals surface area (Å²) in [6.07, 6.45) is 13.7. The second-order valence-corrected chi connectivity index (χ2v) is 7.43. The number of nitrogens with zero attached hydrogens (tertiary/aromatic N) is 1. The van der Waals surface area contributed by atoms with Gasteiger partial charge < -0.3 is 10.1 Å². The van der Waals surface area contributed by atoms with E-state index in [4.69, 9.17) is 9.72 Å². The minimum absolute atomic E-state index is 0.187. The number of rotatable bonds is 1. The minimum Gasteiger partial charge on any atom is -0.368 e. The van der Waals surface area contributed by atoms with Crippen LogP contribution in [0, 0.1) is 0 Å². The molecule has 0 bridgehead atoms. The monoisotopic (exact) mass is 308 g/mol. The Morgan fingerprint density at radius 2 is 1.67 bits per heavy atom. The van der Waals surface area contributed by atoms with Crippen molar-refractivity contribution in [1.82, 2.24) is 10.3 Å². The van der Waals surface area contributed by atoms with Gasteiger partial charge in [-0.15, -0.1) is 11.3 Å². The van der Waals surface area contributed by atoms with Gasteiger partial charge in [0.25, 0.3) is 0 Å². The summed E-state index contributed by atoms with van der Waals surface area (Å²) in [5.74, 6) is 0. The number of aryl methyl sites for hydroxylation is 2. The highest BCUT2D eigenvalue weighted by atomic mass is 32.1. The van der Waals surface area contributed by atoms with Gasteiger partial charge in [0.2, 0.25) is 0 Å². The van der Waals surface area contributed by atoms with Crippen LogP contribution in [0.25, 0.3) is 0 Å². The average Bonchev–Trinajstić information content (AvgIpc) is 2.91. The molecule has 1 atom stereocenters. The predicted molar refractivity (Wildman–Crippen MR) is 88.0 cm³/mol. The Labute approximate surface area is 132 Å². The lowest BCUT2D eigenvalue weighted by molar-refractivity contribution is 0.0275. The molecule has 0 saturated carbocycles. The standard InChI is InChI=1S/C17H28N2OS/c1-2-4-6-8-10-16-14(9-7-5-3-1)19-17(21-16)15-13-18-11-12-20-15/h15,18H,1-13H2. The van der Waals surface area contributed by atoms with Gasteiger partial charge in [-0.05, 0) is 25.7 Å². The lowest BCUT2D eigenvalue weighted by atomic mass is 10.0. The Bertz CT molecular complexity index is 397. The van der Waals surface area contributed by atoms with E-state index in [2.05, 4.69) is 5.32 Å². The van der Waals surface area contributed by atoms with Crippen LogP contribution < -0.4 is 5.32 Å². The number of nitrogens with one attached hydrogen (secondary N) is 1. The second-order valence-electron chi connectivity index (χ2n) is 6.31. The van der Waals surface area contributed by atoms with Gasteiger partial charge in [0.05, 0.1) is 12.3 Å². The van der Waals surface area contributed by atoms with E-state index in [-0.39, 0.29) is 6.10 Å². The molecule has 1 N–H and O–H groups in total. The normalized spacial score (nSPS) is 25.6. The number of hydrogen-bond donors (Lipinski definition) is 1. The van der Waals surface area contributed by atoms with Crippen molar-refractivity contribution in [2.45, 2.75) is 70.3 Å². The molecule has 118 valence electrons. The van der Waals surface area contributed by atoms with Gasteiger partial charge in [0.1, 0.15) is 11.1 Å². The zero-order valence-corrected chi connectivity index (χ0v) is 13.8. The molecular formula is C17H28N2OS. The fraction of sp³-hybridized carbons (Fsp3) is 0.824. The molecule has 0 radical (unpaired) electrons. The van der Waals surface area contributed by atoms with Crippen molar-refractivity contribution < 1.29 is 4.74 Å². The van der Waals surface area contributed by atoms with Crippen LogP contribution in [0.15, 0.2) is 0 Å². The first-order valence-electron chi connectivity index (χ1n) is 8.74. The largest absolute Gasteiger partial charge is 0.368 e. The molecule has 1 aliphatic carbocycles. The average molecular weight is 308 g/mol. The summed E-state index contributed by atoms with van der Waals surface area (Å²) >= 11 is 1.92. The third kappa shape index (κ3) is 4.51. The maximum absolute atomic E-state index is 5.88. The first-order chi connectivity index (χ1) is 10.4. The zero-order chi connectivity index (χ0) is 14.3. The van der Waals surface area contributed by atoms with Crippen LogP contribution in [0.3, 0.4) is 0 Å². The molecule has 3 rings (SSSR count). The summed E-state index contributed by atoms with van der Waals surface area (Å²) in [6, 6.07) is 0. The molecule has 0 spiro atoms. The summed E-state index contributed by atoms with van der Waals surface area (Å²) < 4.78 is 5.88. The van der Waals surface area contributed by atoms with Crippen molar-refractivity contribution in [3.8, 4) is 0 Å². The van der Waals surface area contributed by atoms with E-state index >= 15 is 0 Å². The molecule has 4 heteroatoms. The molecule has 1 aliphatic heterocycles. The summed E-state index contributed by atoms with van der Waals surface area (Å²) in [5, 5.41) is 4.63. The van der Waals surface area contributed by atoms with Gasteiger partial charge in [0.15, 0.2) is 0 Å². The summed E-state index contributed by atoms with van der Waals surface area (Å²) in [7, 11) is 0. The lowest BCUT2D eigenvalue weighted by Gasteiger charge is -2.21. The van der Waals surface area contributed by atoms with Crippen LogP contribution in [0.4, 0.5) is 0 Å². The van der Waals surface area contributed by atoms with Crippen molar-refractivity contribution >= 4 is 11.3 Å². The number of aromatic nitrogens is 1. The van der Waals surface area contributed by atoms with Crippen molar-refractivity contribution in [2.24, 2.45) is 0 Å². The van der Waals surface area contributed by atoms with Gasteiger partial charge in [-0.3, -0.25) is 0 Å². The summed E-state index contributed by atoms with van der Waals surface area (Å²) in [5.41, 5.74) is 1.38. The Morgan fingerprint density at radius 3 is 2.38 bits per heavy atom. The first kappa shape index (κ1) is 15.4. The number of ether oxygens (including phenoxy) is 1. The van der Waals surface area contributed by atoms with Crippen molar-refractivity contribution in [1.29, 1.82) is 0 Å². The van der Waals surface area contributed by atoms with Gasteiger partial charge in [-0.1, -0.05) is 38.5 Å². The molecular weight excluding hydrogens is 280 g/mol. The molecule has 2 aliphatic rings. The highest BCUT2D eigenvalue weighted by Crippen LogP contribution is 2.30. The summed E-state index contributed by atoms with van der Waals surface area (Å²) in [6.45, 7) is 2.71. The molecule has 1 aromatic heterocycles. The van der Waals surface area contributed by atoms with E-state index in [1.54, 1.807) is 4.88 Å². The Kier molecular flexibility index (Phi) is 6.07. The number of morpholine rings is 1. The summed E-state index contributed by atoms with van der Waals surface area (Å²) in [4.78, 5) is 6.50. The van der Waals surface area contributed by atoms with E-state index in [9.17, 15) is 0 Å². The fourth-order valence-corrected chi connectivity index (χ4v) is 4.50. The SMILES string of the molecule is C1CCCCCc2sc(C3CNCCO3)nc2CCCC1. The van der Waals surface area contributed by atoms with Gasteiger partial charge in [-0.25, -0.2) is 4.98 Å². The molecule has 0 amide bonds. The first-order valence-corrected chi connectivity index (χ1v) is 9.56. The second kappa shape index (κ2) is 8.25. The predicted octanol–water partition coefficient (Wildman–Crippen LogP) is 4.02. The van der Waals surface area contributed by atoms with E-state index in [0.717, 1.165) is 19.7 Å². The number of fused-ring (bicyclic) bond motifs is 1. The van der Waals surface area contributed by atoms with Crippen LogP contribution in [-0.2, 0) is 17.6 Å². The topological polar surface area (TPSA) is 34.1 Å². The van der Waals surface area contributed by atoms with Crippen molar-refractivity contribution in [3.63, 3.8) is 0 Å². The van der Waals surface area contributed by atoms with Crippen molar-refractivity contribution in [3.05, 3.63) is 15.6 Å². The van der Waals surface area contributed by atoms with Gasteiger partial charge >= 0.3 is 0 Å². The van der Waals surface area contributed by atoms with E-state index in [1.165, 1.54) is 74.9 Å². The number of hydrogen-bond acceptors (Lipinski definition) is 4. The van der Waals surface area contributed by atoms with Crippen LogP contribution >= 0.6 is 11.3 Å². The molecule has 1 fully saturated rings. The third-order valence-electron chi connectivity index (χ3n) is 4.57. The minimum atomic E-state index is 0.187. The van der Waals surface area contributed by atoms with Crippen molar-refractivity contribution in [2.75, 3.05) is 19.7 Å². The van der Waals surface area contributed by atoms with Crippen LogP contribution in [0.1, 0.15) is 73.0 Å². The molecule has 1 unspecified atom stereocenters.